The van der Waals surface area contributed by atoms with Crippen molar-refractivity contribution >= 4 is 46.3 Å². The number of quaternary nitrogens is 1. The smallest absolute Gasteiger partial charge is 0.283 e. The van der Waals surface area contributed by atoms with E-state index in [1.165, 1.54) is 25.1 Å². The van der Waals surface area contributed by atoms with Crippen molar-refractivity contribution in [3.63, 3.8) is 0 Å². The Labute approximate surface area is 195 Å². The van der Waals surface area contributed by atoms with Gasteiger partial charge in [-0.15, -0.1) is 0 Å². The Morgan fingerprint density at radius 2 is 2.09 bits per heavy atom. The van der Waals surface area contributed by atoms with Crippen molar-refractivity contribution in [3.05, 3.63) is 53.5 Å². The van der Waals surface area contributed by atoms with Crippen LogP contribution in [0.5, 0.6) is 0 Å². The number of hydroxylamine groups is 2. The number of carbonyl (C=O) groups is 2. The zero-order valence-electron chi connectivity index (χ0n) is 18.1. The van der Waals surface area contributed by atoms with E-state index in [-0.39, 0.29) is 23.2 Å². The summed E-state index contributed by atoms with van der Waals surface area (Å²) in [7, 11) is 0. The van der Waals surface area contributed by atoms with Crippen molar-refractivity contribution in [2.75, 3.05) is 40.1 Å². The van der Waals surface area contributed by atoms with Crippen LogP contribution in [0.4, 0.5) is 27.1 Å². The highest BCUT2D eigenvalue weighted by atomic mass is 32.2. The number of amides is 2. The molecule has 0 radical (unpaired) electrons. The lowest BCUT2D eigenvalue weighted by molar-refractivity contribution is -0.119. The molecule has 3 unspecified atom stereocenters. The Morgan fingerprint density at radius 3 is 2.73 bits per heavy atom. The van der Waals surface area contributed by atoms with E-state index in [9.17, 15) is 24.4 Å². The average molecular weight is 470 g/mol. The fourth-order valence-electron chi connectivity index (χ4n) is 4.20. The van der Waals surface area contributed by atoms with Crippen LogP contribution in [-0.4, -0.2) is 42.6 Å². The van der Waals surface area contributed by atoms with Crippen molar-refractivity contribution in [3.8, 4) is 6.07 Å². The van der Waals surface area contributed by atoms with Gasteiger partial charge in [-0.05, 0) is 54.2 Å². The molecule has 2 aromatic carbocycles. The van der Waals surface area contributed by atoms with Crippen LogP contribution >= 0.6 is 11.8 Å². The summed E-state index contributed by atoms with van der Waals surface area (Å²) in [5.74, 6) is 0.927. The van der Waals surface area contributed by atoms with Gasteiger partial charge in [-0.25, -0.2) is 4.39 Å². The molecule has 10 heteroatoms. The molecule has 2 aliphatic rings. The molecular weight excluding hydrogens is 445 g/mol. The van der Waals surface area contributed by atoms with E-state index in [1.807, 2.05) is 17.8 Å². The summed E-state index contributed by atoms with van der Waals surface area (Å²) in [6, 6.07) is 12.8. The van der Waals surface area contributed by atoms with Gasteiger partial charge < -0.3 is 20.7 Å². The van der Waals surface area contributed by atoms with E-state index in [2.05, 4.69) is 10.6 Å². The van der Waals surface area contributed by atoms with E-state index in [4.69, 9.17) is 0 Å². The average Bonchev–Trinajstić information content (AvgIpc) is 3.39. The molecule has 2 aliphatic heterocycles. The number of rotatable bonds is 6. The lowest BCUT2D eigenvalue weighted by atomic mass is 10.1. The fourth-order valence-corrected chi connectivity index (χ4v) is 5.48. The third kappa shape index (κ3) is 4.66. The first-order valence-corrected chi connectivity index (χ1v) is 11.8. The molecule has 0 saturated carbocycles. The first-order chi connectivity index (χ1) is 15.8. The number of carbonyl (C=O) groups excluding carboxylic acids is 2. The van der Waals surface area contributed by atoms with Crippen LogP contribution in [0, 0.1) is 28.3 Å². The van der Waals surface area contributed by atoms with E-state index >= 15 is 0 Å². The Balaban J connectivity index is 1.63. The van der Waals surface area contributed by atoms with E-state index in [0.29, 0.717) is 17.9 Å². The number of nitriles is 1. The number of hydrogen-bond acceptors (Lipinski definition) is 6. The number of nitrogens with zero attached hydrogens (tertiary/aromatic N) is 3. The lowest BCUT2D eigenvalue weighted by Gasteiger charge is -2.40. The van der Waals surface area contributed by atoms with Crippen molar-refractivity contribution < 1.29 is 14.0 Å². The van der Waals surface area contributed by atoms with E-state index in [1.54, 1.807) is 29.2 Å². The van der Waals surface area contributed by atoms with Crippen molar-refractivity contribution in [2.24, 2.45) is 5.92 Å². The van der Waals surface area contributed by atoms with Crippen LogP contribution in [0.2, 0.25) is 0 Å². The minimum atomic E-state index is -1.33. The second-order valence-corrected chi connectivity index (χ2v) is 9.38. The van der Waals surface area contributed by atoms with Gasteiger partial charge in [0.2, 0.25) is 5.91 Å². The normalized spacial score (nSPS) is 23.3. The van der Waals surface area contributed by atoms with Gasteiger partial charge in [-0.1, -0.05) is 6.07 Å². The van der Waals surface area contributed by atoms with Crippen LogP contribution in [0.3, 0.4) is 0 Å². The molecule has 4 rings (SSSR count). The van der Waals surface area contributed by atoms with E-state index in [0.717, 1.165) is 17.9 Å². The van der Waals surface area contributed by atoms with Crippen LogP contribution < -0.4 is 20.2 Å². The molecule has 8 nitrogen and oxygen atoms in total. The fraction of sp³-hybridized carbons (Fsp3) is 0.348. The molecule has 2 aromatic rings. The van der Waals surface area contributed by atoms with Gasteiger partial charge in [-0.3, -0.25) is 14.2 Å². The summed E-state index contributed by atoms with van der Waals surface area (Å²) in [5.41, 5.74) is 1.19. The summed E-state index contributed by atoms with van der Waals surface area (Å²) in [4.78, 5) is 26.4. The highest BCUT2D eigenvalue weighted by Gasteiger charge is 2.44. The van der Waals surface area contributed by atoms with Crippen LogP contribution in [0.1, 0.15) is 13.3 Å². The molecule has 2 amide bonds. The molecular formula is C23H24FN5O3S. The molecule has 1 fully saturated rings. The number of fused-ring (bicyclic) bond motifs is 1. The predicted molar refractivity (Wildman–Crippen MR) is 128 cm³/mol. The van der Waals surface area contributed by atoms with Gasteiger partial charge in [0.25, 0.3) is 12.1 Å². The number of anilines is 3. The minimum Gasteiger partial charge on any atom is -0.625 e. The lowest BCUT2D eigenvalue weighted by Crippen LogP contribution is -2.56. The molecule has 33 heavy (non-hydrogen) atoms. The topological polar surface area (TPSA) is 108 Å². The Kier molecular flexibility index (Phi) is 6.56. The number of halogens is 1. The van der Waals surface area contributed by atoms with Gasteiger partial charge in [-0.2, -0.15) is 17.0 Å². The first-order valence-electron chi connectivity index (χ1n) is 10.6. The molecule has 2 heterocycles. The molecule has 0 aliphatic carbocycles. The summed E-state index contributed by atoms with van der Waals surface area (Å²) in [6.45, 7) is 1.30. The molecule has 0 spiro atoms. The van der Waals surface area contributed by atoms with E-state index < -0.39 is 29.1 Å². The van der Waals surface area contributed by atoms with Crippen LogP contribution in [0.25, 0.3) is 0 Å². The van der Waals surface area contributed by atoms with Crippen LogP contribution in [0.15, 0.2) is 42.5 Å². The monoisotopic (exact) mass is 469 g/mol. The third-order valence-corrected chi connectivity index (χ3v) is 7.09. The summed E-state index contributed by atoms with van der Waals surface area (Å²) >= 11 is 1.82. The summed E-state index contributed by atoms with van der Waals surface area (Å²) < 4.78 is 13.0. The quantitative estimate of drug-likeness (QED) is 0.494. The van der Waals surface area contributed by atoms with Crippen molar-refractivity contribution in [1.82, 2.24) is 4.65 Å². The van der Waals surface area contributed by atoms with Crippen molar-refractivity contribution in [1.29, 1.82) is 5.26 Å². The Hall–Kier alpha value is -3.13. The minimum absolute atomic E-state index is 0.0345. The largest absolute Gasteiger partial charge is 0.625 e. The molecule has 172 valence electrons. The van der Waals surface area contributed by atoms with Gasteiger partial charge in [0.15, 0.2) is 24.1 Å². The standard InChI is InChI=1S/C23H24FN5O3S/c1-15(30)26-17-5-7-18(8-6-17)28(12-16-9-10-33-14-16)22(31)13-29(32)20-4-2-3-19(24)23(20)27-21(29)11-25/h2-8,16,21,27H,9-10,12-14H2,1H3,(H,26,30). The summed E-state index contributed by atoms with van der Waals surface area (Å²) in [6.07, 6.45) is -0.362. The predicted octanol–water partition coefficient (Wildman–Crippen LogP) is 3.65. The molecule has 0 aromatic heterocycles. The third-order valence-electron chi connectivity index (χ3n) is 5.86. The van der Waals surface area contributed by atoms with Crippen LogP contribution in [-0.2, 0) is 9.59 Å². The maximum absolute atomic E-state index is 14.3. The van der Waals surface area contributed by atoms with Crippen molar-refractivity contribution in [2.45, 2.75) is 19.5 Å². The van der Waals surface area contributed by atoms with Gasteiger partial charge in [0.05, 0.1) is 0 Å². The maximum Gasteiger partial charge on any atom is 0.283 e. The molecule has 3 atom stereocenters. The summed E-state index contributed by atoms with van der Waals surface area (Å²) in [5, 5.41) is 28.7. The molecule has 2 N–H and O–H groups in total. The highest BCUT2D eigenvalue weighted by molar-refractivity contribution is 7.99. The highest BCUT2D eigenvalue weighted by Crippen LogP contribution is 2.41. The number of benzene rings is 2. The number of hydrogen-bond donors (Lipinski definition) is 2. The molecule has 0 bridgehead atoms. The number of thioether (sulfide) groups is 1. The Morgan fingerprint density at radius 1 is 1.33 bits per heavy atom. The SMILES string of the molecule is CC(=O)Nc1ccc(N(CC2CCSC2)C(=O)C[N+]2([O-])c3cccc(F)c3NC2C#N)cc1. The van der Waals surface area contributed by atoms with Gasteiger partial charge >= 0.3 is 0 Å². The zero-order chi connectivity index (χ0) is 23.6. The number of nitrogens with one attached hydrogen (secondary N) is 2. The van der Waals surface area contributed by atoms with Gasteiger partial charge in [0, 0.05) is 30.9 Å². The maximum atomic E-state index is 14.3. The number of para-hydroxylation sites is 1. The second kappa shape index (κ2) is 9.39. The zero-order valence-corrected chi connectivity index (χ0v) is 18.9. The first kappa shape index (κ1) is 23.0. The Bertz CT molecular complexity index is 1100. The second-order valence-electron chi connectivity index (χ2n) is 8.23. The van der Waals surface area contributed by atoms with Gasteiger partial charge in [0.1, 0.15) is 5.69 Å². The molecule has 1 saturated heterocycles.